The van der Waals surface area contributed by atoms with Crippen LogP contribution in [-0.4, -0.2) is 28.7 Å². The molecule has 0 aromatic heterocycles. The normalized spacial score (nSPS) is 12.8. The highest BCUT2D eigenvalue weighted by molar-refractivity contribution is 9.10. The number of hydrogen-bond donors (Lipinski definition) is 0. The van der Waals surface area contributed by atoms with Crippen LogP contribution in [0.15, 0.2) is 0 Å². The van der Waals surface area contributed by atoms with Gasteiger partial charge in [-0.15, -0.1) is 0 Å². The van der Waals surface area contributed by atoms with E-state index in [0.29, 0.717) is 0 Å². The van der Waals surface area contributed by atoms with Gasteiger partial charge in [0.05, 0.1) is 4.83 Å². The van der Waals surface area contributed by atoms with Gasteiger partial charge in [-0.3, -0.25) is 4.79 Å². The summed E-state index contributed by atoms with van der Waals surface area (Å²) in [5.74, 6) is 0.171. The van der Waals surface area contributed by atoms with Crippen LogP contribution in [-0.2, 0) is 4.79 Å². The summed E-state index contributed by atoms with van der Waals surface area (Å²) in [5, 5.41) is 0. The topological polar surface area (TPSA) is 20.3 Å². The third-order valence-corrected chi connectivity index (χ3v) is 1.81. The molecule has 0 aromatic rings. The van der Waals surface area contributed by atoms with E-state index >= 15 is 0 Å². The lowest BCUT2D eigenvalue weighted by molar-refractivity contribution is -0.129. The zero-order valence-electron chi connectivity index (χ0n) is 6.72. The summed E-state index contributed by atoms with van der Waals surface area (Å²) in [6.45, 7) is 7.41. The third-order valence-electron chi connectivity index (χ3n) is 1.42. The summed E-state index contributed by atoms with van der Waals surface area (Å²) in [6.07, 6.45) is 0. The Balaban J connectivity index is 3.89. The number of carbonyl (C=O) groups excluding carboxylic acids is 1. The lowest BCUT2D eigenvalue weighted by Crippen LogP contribution is -2.34. The molecule has 0 aliphatic carbocycles. The molecule has 0 aliphatic heterocycles. The maximum Gasteiger partial charge on any atom is 0.236 e. The average molecular weight is 208 g/mol. The number of amides is 1. The Kier molecular flexibility index (Phi) is 4.69. The van der Waals surface area contributed by atoms with Gasteiger partial charge in [-0.1, -0.05) is 15.9 Å². The molecule has 10 heavy (non-hydrogen) atoms. The molecule has 0 aromatic carbocycles. The van der Waals surface area contributed by atoms with E-state index in [4.69, 9.17) is 0 Å². The lowest BCUT2D eigenvalue weighted by atomic mass is 10.4. The predicted molar refractivity (Wildman–Crippen MR) is 46.3 cm³/mol. The molecule has 0 unspecified atom stereocenters. The van der Waals surface area contributed by atoms with E-state index in [9.17, 15) is 4.79 Å². The molecule has 0 fully saturated rings. The quantitative estimate of drug-likeness (QED) is 0.645. The lowest BCUT2D eigenvalue weighted by Gasteiger charge is -2.19. The average Bonchev–Trinajstić information content (AvgIpc) is 1.90. The molecule has 0 saturated carbocycles. The molecule has 0 saturated heterocycles. The van der Waals surface area contributed by atoms with Crippen molar-refractivity contribution >= 4 is 21.8 Å². The highest BCUT2D eigenvalue weighted by Crippen LogP contribution is 2.02. The minimum atomic E-state index is -0.0487. The van der Waals surface area contributed by atoms with Gasteiger partial charge in [-0.05, 0) is 20.8 Å². The van der Waals surface area contributed by atoms with Gasteiger partial charge in [0.1, 0.15) is 0 Å². The second-order valence-electron chi connectivity index (χ2n) is 2.13. The summed E-state index contributed by atoms with van der Waals surface area (Å²) >= 11 is 3.23. The van der Waals surface area contributed by atoms with Gasteiger partial charge >= 0.3 is 0 Å². The van der Waals surface area contributed by atoms with Crippen LogP contribution >= 0.6 is 15.9 Å². The van der Waals surface area contributed by atoms with E-state index in [0.717, 1.165) is 13.1 Å². The second kappa shape index (κ2) is 4.72. The standard InChI is InChI=1S/C7H14BrNO/c1-4-9(5-2)7(10)6(3)8/h6H,4-5H2,1-3H3/t6-/m1/s1. The number of alkyl halides is 1. The predicted octanol–water partition coefficient (Wildman–Crippen LogP) is 1.64. The van der Waals surface area contributed by atoms with Crippen LogP contribution in [0.4, 0.5) is 0 Å². The van der Waals surface area contributed by atoms with Crippen molar-refractivity contribution in [1.29, 1.82) is 0 Å². The van der Waals surface area contributed by atoms with Crippen molar-refractivity contribution in [1.82, 2.24) is 4.90 Å². The van der Waals surface area contributed by atoms with E-state index in [1.54, 1.807) is 4.90 Å². The maximum atomic E-state index is 11.2. The Hall–Kier alpha value is -0.0500. The van der Waals surface area contributed by atoms with Gasteiger partial charge in [0.25, 0.3) is 0 Å². The van der Waals surface area contributed by atoms with Crippen LogP contribution in [0.3, 0.4) is 0 Å². The smallest absolute Gasteiger partial charge is 0.236 e. The molecule has 0 rings (SSSR count). The van der Waals surface area contributed by atoms with Crippen LogP contribution < -0.4 is 0 Å². The SMILES string of the molecule is CCN(CC)C(=O)[C@@H](C)Br. The number of hydrogen-bond acceptors (Lipinski definition) is 1. The van der Waals surface area contributed by atoms with Crippen LogP contribution in [0.2, 0.25) is 0 Å². The Morgan fingerprint density at radius 1 is 1.50 bits per heavy atom. The fraction of sp³-hybridized carbons (Fsp3) is 0.857. The molecular weight excluding hydrogens is 194 g/mol. The first-order valence-electron chi connectivity index (χ1n) is 3.56. The van der Waals surface area contributed by atoms with Gasteiger partial charge in [-0.25, -0.2) is 0 Å². The first-order valence-corrected chi connectivity index (χ1v) is 4.47. The van der Waals surface area contributed by atoms with Gasteiger partial charge in [0, 0.05) is 13.1 Å². The first kappa shape index (κ1) is 9.95. The number of nitrogens with zero attached hydrogens (tertiary/aromatic N) is 1. The van der Waals surface area contributed by atoms with Gasteiger partial charge in [0.15, 0.2) is 0 Å². The highest BCUT2D eigenvalue weighted by atomic mass is 79.9. The number of halogens is 1. The molecule has 0 bridgehead atoms. The third kappa shape index (κ3) is 2.69. The molecule has 1 atom stereocenters. The first-order chi connectivity index (χ1) is 4.63. The van der Waals surface area contributed by atoms with E-state index in [1.165, 1.54) is 0 Å². The van der Waals surface area contributed by atoms with Crippen LogP contribution in [0.1, 0.15) is 20.8 Å². The molecule has 0 aliphatic rings. The van der Waals surface area contributed by atoms with Gasteiger partial charge in [0.2, 0.25) is 5.91 Å². The number of rotatable bonds is 3. The van der Waals surface area contributed by atoms with E-state index < -0.39 is 0 Å². The van der Waals surface area contributed by atoms with Crippen molar-refractivity contribution < 1.29 is 4.79 Å². The minimum absolute atomic E-state index is 0.0487. The van der Waals surface area contributed by atoms with Crippen LogP contribution in [0.5, 0.6) is 0 Å². The zero-order chi connectivity index (χ0) is 8.15. The summed E-state index contributed by atoms with van der Waals surface area (Å²) < 4.78 is 0. The molecule has 0 spiro atoms. The molecule has 2 nitrogen and oxygen atoms in total. The van der Waals surface area contributed by atoms with E-state index in [2.05, 4.69) is 15.9 Å². The van der Waals surface area contributed by atoms with Crippen molar-refractivity contribution in [2.24, 2.45) is 0 Å². The molecule has 0 heterocycles. The molecule has 1 amide bonds. The Labute approximate surface area is 70.7 Å². The summed E-state index contributed by atoms with van der Waals surface area (Å²) in [4.78, 5) is 12.9. The second-order valence-corrected chi connectivity index (χ2v) is 3.50. The Morgan fingerprint density at radius 3 is 2.00 bits per heavy atom. The highest BCUT2D eigenvalue weighted by Gasteiger charge is 2.13. The van der Waals surface area contributed by atoms with Crippen molar-refractivity contribution in [3.05, 3.63) is 0 Å². The maximum absolute atomic E-state index is 11.2. The monoisotopic (exact) mass is 207 g/mol. The minimum Gasteiger partial charge on any atom is -0.342 e. The molecular formula is C7H14BrNO. The molecule has 0 N–H and O–H groups in total. The van der Waals surface area contributed by atoms with Crippen molar-refractivity contribution in [3.8, 4) is 0 Å². The summed E-state index contributed by atoms with van der Waals surface area (Å²) in [6, 6.07) is 0. The van der Waals surface area contributed by atoms with E-state index in [-0.39, 0.29) is 10.7 Å². The largest absolute Gasteiger partial charge is 0.342 e. The summed E-state index contributed by atoms with van der Waals surface area (Å²) in [7, 11) is 0. The van der Waals surface area contributed by atoms with Crippen molar-refractivity contribution in [2.75, 3.05) is 13.1 Å². The Bertz CT molecular complexity index is 110. The molecule has 3 heteroatoms. The van der Waals surface area contributed by atoms with Crippen molar-refractivity contribution in [3.63, 3.8) is 0 Å². The Morgan fingerprint density at radius 2 is 1.90 bits per heavy atom. The van der Waals surface area contributed by atoms with Gasteiger partial charge in [-0.2, -0.15) is 0 Å². The van der Waals surface area contributed by atoms with E-state index in [1.807, 2.05) is 20.8 Å². The van der Waals surface area contributed by atoms with Crippen molar-refractivity contribution in [2.45, 2.75) is 25.6 Å². The fourth-order valence-corrected chi connectivity index (χ4v) is 1.08. The molecule has 0 radical (unpaired) electrons. The van der Waals surface area contributed by atoms with Gasteiger partial charge < -0.3 is 4.90 Å². The molecule has 60 valence electrons. The number of carbonyl (C=O) groups is 1. The fourth-order valence-electron chi connectivity index (χ4n) is 0.787. The van der Waals surface area contributed by atoms with Crippen LogP contribution in [0, 0.1) is 0 Å². The zero-order valence-corrected chi connectivity index (χ0v) is 8.31. The summed E-state index contributed by atoms with van der Waals surface area (Å²) in [5.41, 5.74) is 0. The van der Waals surface area contributed by atoms with Crippen LogP contribution in [0.25, 0.3) is 0 Å².